The number of urea groups is 1. The van der Waals surface area contributed by atoms with Crippen molar-refractivity contribution in [1.29, 1.82) is 0 Å². The molecule has 3 aromatic carbocycles. The van der Waals surface area contributed by atoms with Gasteiger partial charge in [-0.15, -0.1) is 6.58 Å². The second-order valence-corrected chi connectivity index (χ2v) is 10.1. The van der Waals surface area contributed by atoms with Crippen LogP contribution in [0.4, 0.5) is 9.18 Å². The van der Waals surface area contributed by atoms with Crippen LogP contribution in [-0.4, -0.2) is 44.4 Å². The highest BCUT2D eigenvalue weighted by atomic mass is 19.1. The van der Waals surface area contributed by atoms with E-state index in [0.717, 1.165) is 16.7 Å². The first kappa shape index (κ1) is 33.2. The summed E-state index contributed by atoms with van der Waals surface area (Å²) < 4.78 is 35.4. The third kappa shape index (κ3) is 8.72. The van der Waals surface area contributed by atoms with E-state index < -0.39 is 23.9 Å². The molecular formula is C34H35FN4O7. The minimum absolute atomic E-state index is 0.177. The van der Waals surface area contributed by atoms with Crippen LogP contribution in [0.15, 0.2) is 89.7 Å². The van der Waals surface area contributed by atoms with Gasteiger partial charge in [0.15, 0.2) is 18.1 Å². The molecule has 3 N–H and O–H groups in total. The number of benzene rings is 3. The van der Waals surface area contributed by atoms with Gasteiger partial charge < -0.3 is 29.6 Å². The minimum Gasteiger partial charge on any atom is -0.493 e. The Balaban J connectivity index is 1.36. The summed E-state index contributed by atoms with van der Waals surface area (Å²) in [4.78, 5) is 37.3. The summed E-state index contributed by atoms with van der Waals surface area (Å²) in [5.74, 6) is -0.159. The number of hydrogen-bond acceptors (Lipinski definition) is 8. The molecule has 0 aromatic heterocycles. The summed E-state index contributed by atoms with van der Waals surface area (Å²) in [6.07, 6.45) is 3.79. The maximum Gasteiger partial charge on any atom is 0.338 e. The van der Waals surface area contributed by atoms with Crippen molar-refractivity contribution >= 4 is 24.1 Å². The molecule has 1 heterocycles. The Kier molecular flexibility index (Phi) is 11.5. The van der Waals surface area contributed by atoms with Crippen molar-refractivity contribution in [2.75, 3.05) is 20.3 Å². The van der Waals surface area contributed by atoms with Crippen LogP contribution in [0, 0.1) is 5.82 Å². The number of esters is 1. The van der Waals surface area contributed by atoms with Gasteiger partial charge in [0.1, 0.15) is 18.2 Å². The van der Waals surface area contributed by atoms with Crippen molar-refractivity contribution in [3.8, 4) is 17.2 Å². The molecule has 46 heavy (non-hydrogen) atoms. The first-order chi connectivity index (χ1) is 22.2. The lowest BCUT2D eigenvalue weighted by Gasteiger charge is -2.28. The zero-order valence-corrected chi connectivity index (χ0v) is 25.7. The van der Waals surface area contributed by atoms with Gasteiger partial charge in [-0.2, -0.15) is 5.10 Å². The third-order valence-corrected chi connectivity index (χ3v) is 6.80. The van der Waals surface area contributed by atoms with Gasteiger partial charge in [0, 0.05) is 5.70 Å². The van der Waals surface area contributed by atoms with Crippen molar-refractivity contribution in [3.05, 3.63) is 113 Å². The first-order valence-corrected chi connectivity index (χ1v) is 14.4. The predicted octanol–water partition coefficient (Wildman–Crippen LogP) is 4.86. The Morgan fingerprint density at radius 2 is 1.80 bits per heavy atom. The lowest BCUT2D eigenvalue weighted by Crippen LogP contribution is -2.45. The second kappa shape index (κ2) is 15.9. The van der Waals surface area contributed by atoms with Crippen LogP contribution in [-0.2, 0) is 27.4 Å². The van der Waals surface area contributed by atoms with E-state index in [1.54, 1.807) is 62.4 Å². The fourth-order valence-corrected chi connectivity index (χ4v) is 4.64. The fourth-order valence-electron chi connectivity index (χ4n) is 4.64. The molecule has 240 valence electrons. The van der Waals surface area contributed by atoms with E-state index >= 15 is 0 Å². The molecule has 0 spiro atoms. The number of hydrazone groups is 1. The predicted molar refractivity (Wildman–Crippen MR) is 169 cm³/mol. The van der Waals surface area contributed by atoms with Crippen molar-refractivity contribution in [1.82, 2.24) is 16.1 Å². The number of carbonyl (C=O) groups excluding carboxylic acids is 3. The van der Waals surface area contributed by atoms with Crippen molar-refractivity contribution in [2.24, 2.45) is 5.10 Å². The lowest BCUT2D eigenvalue weighted by molar-refractivity contribution is -0.139. The Morgan fingerprint density at radius 3 is 2.52 bits per heavy atom. The van der Waals surface area contributed by atoms with Crippen molar-refractivity contribution < 1.29 is 37.7 Å². The number of carbonyl (C=O) groups is 3. The van der Waals surface area contributed by atoms with Crippen LogP contribution in [0.25, 0.3) is 0 Å². The maximum atomic E-state index is 13.2. The molecule has 0 saturated carbocycles. The van der Waals surface area contributed by atoms with Gasteiger partial charge in [0.25, 0.3) is 5.91 Å². The summed E-state index contributed by atoms with van der Waals surface area (Å²) >= 11 is 0. The average molecular weight is 631 g/mol. The van der Waals surface area contributed by atoms with E-state index in [0.29, 0.717) is 29.2 Å². The van der Waals surface area contributed by atoms with Crippen LogP contribution < -0.4 is 30.3 Å². The zero-order chi connectivity index (χ0) is 33.1. The number of halogens is 1. The third-order valence-electron chi connectivity index (χ3n) is 6.80. The molecule has 0 bridgehead atoms. The van der Waals surface area contributed by atoms with Gasteiger partial charge >= 0.3 is 12.0 Å². The summed E-state index contributed by atoms with van der Waals surface area (Å²) in [5.41, 5.74) is 6.06. The lowest BCUT2D eigenvalue weighted by atomic mass is 9.95. The Bertz CT molecular complexity index is 1650. The molecule has 3 amide bonds. The van der Waals surface area contributed by atoms with Gasteiger partial charge in [0.2, 0.25) is 0 Å². The molecule has 0 fully saturated rings. The summed E-state index contributed by atoms with van der Waals surface area (Å²) in [6.45, 7) is 7.21. The van der Waals surface area contributed by atoms with E-state index in [9.17, 15) is 18.8 Å². The number of methoxy groups -OCH3 is 1. The highest BCUT2D eigenvalue weighted by Gasteiger charge is 2.32. The molecule has 1 atom stereocenters. The van der Waals surface area contributed by atoms with Gasteiger partial charge in [0.05, 0.1) is 31.5 Å². The van der Waals surface area contributed by atoms with Crippen molar-refractivity contribution in [2.45, 2.75) is 32.9 Å². The van der Waals surface area contributed by atoms with E-state index in [1.165, 1.54) is 25.5 Å². The molecule has 12 heteroatoms. The van der Waals surface area contributed by atoms with E-state index in [4.69, 9.17) is 18.9 Å². The van der Waals surface area contributed by atoms with Gasteiger partial charge in [-0.25, -0.2) is 19.4 Å². The van der Waals surface area contributed by atoms with Gasteiger partial charge in [-0.3, -0.25) is 4.79 Å². The largest absolute Gasteiger partial charge is 0.493 e. The number of allylic oxidation sites excluding steroid dienone is 2. The minimum atomic E-state index is -0.782. The highest BCUT2D eigenvalue weighted by Crippen LogP contribution is 2.34. The number of rotatable bonds is 14. The summed E-state index contributed by atoms with van der Waals surface area (Å²) in [6, 6.07) is 15.2. The van der Waals surface area contributed by atoms with E-state index in [-0.39, 0.29) is 37.0 Å². The second-order valence-electron chi connectivity index (χ2n) is 10.1. The Labute approximate surface area is 266 Å². The highest BCUT2D eigenvalue weighted by molar-refractivity contribution is 5.95. The molecular weight excluding hydrogens is 595 g/mol. The van der Waals surface area contributed by atoms with Crippen LogP contribution in [0.3, 0.4) is 0 Å². The first-order valence-electron chi connectivity index (χ1n) is 14.4. The number of nitrogens with one attached hydrogen (secondary N) is 3. The standard InChI is InChI=1S/C34H35FN4O7/c1-5-7-24-16-23(10-14-27(24)45-19-22-8-12-26(35)13-9-22)18-36-39-30(40)20-46-28-15-11-25(17-29(28)43-4)32-31(33(41)44-6-2)21(3)37-34(42)38-32/h5,8-18,32H,1,6-7,19-20H2,2-4H3,(H,39,40)(H2,37,38,42)/b36-18-/t32-/m1/s1. The molecule has 0 saturated heterocycles. The molecule has 1 aliphatic heterocycles. The molecule has 0 radical (unpaired) electrons. The number of ether oxygens (including phenoxy) is 4. The van der Waals surface area contributed by atoms with Gasteiger partial charge in [-0.1, -0.05) is 24.3 Å². The Morgan fingerprint density at radius 1 is 1.04 bits per heavy atom. The Hall–Kier alpha value is -5.65. The normalized spacial score (nSPS) is 14.3. The number of amides is 3. The molecule has 3 aromatic rings. The van der Waals surface area contributed by atoms with Crippen LogP contribution in [0.2, 0.25) is 0 Å². The summed E-state index contributed by atoms with van der Waals surface area (Å²) in [7, 11) is 1.43. The average Bonchev–Trinajstić information content (AvgIpc) is 3.04. The van der Waals surface area contributed by atoms with Crippen LogP contribution in [0.1, 0.15) is 42.1 Å². The zero-order valence-electron chi connectivity index (χ0n) is 25.7. The van der Waals surface area contributed by atoms with Crippen molar-refractivity contribution in [3.63, 3.8) is 0 Å². The number of nitrogens with zero attached hydrogens (tertiary/aromatic N) is 1. The topological polar surface area (TPSA) is 137 Å². The molecule has 11 nitrogen and oxygen atoms in total. The monoisotopic (exact) mass is 630 g/mol. The molecule has 0 unspecified atom stereocenters. The molecule has 1 aliphatic rings. The summed E-state index contributed by atoms with van der Waals surface area (Å²) in [5, 5.41) is 9.34. The van der Waals surface area contributed by atoms with Gasteiger partial charge in [-0.05, 0) is 85.0 Å². The van der Waals surface area contributed by atoms with Crippen LogP contribution >= 0.6 is 0 Å². The number of hydrogen-bond donors (Lipinski definition) is 3. The SMILES string of the molecule is C=CCc1cc(/C=N\NC(=O)COc2ccc([C@H]3NC(=O)NC(C)=C3C(=O)OCC)cc2OC)ccc1OCc1ccc(F)cc1. The smallest absolute Gasteiger partial charge is 0.338 e. The maximum absolute atomic E-state index is 13.2. The molecule has 4 rings (SSSR count). The quantitative estimate of drug-likeness (QED) is 0.100. The fraction of sp³-hybridized carbons (Fsp3) is 0.235. The van der Waals surface area contributed by atoms with E-state index in [1.807, 2.05) is 6.07 Å². The van der Waals surface area contributed by atoms with Crippen LogP contribution in [0.5, 0.6) is 17.2 Å². The molecule has 0 aliphatic carbocycles. The van der Waals surface area contributed by atoms with E-state index in [2.05, 4.69) is 27.7 Å².